The Morgan fingerprint density at radius 3 is 2.48 bits per heavy atom. The number of carboxylic acid groups (broad SMARTS) is 1. The summed E-state index contributed by atoms with van der Waals surface area (Å²) in [6.07, 6.45) is 4.43. The van der Waals surface area contributed by atoms with E-state index in [9.17, 15) is 14.7 Å². The van der Waals surface area contributed by atoms with E-state index >= 15 is 0 Å². The van der Waals surface area contributed by atoms with E-state index in [-0.39, 0.29) is 5.91 Å². The summed E-state index contributed by atoms with van der Waals surface area (Å²) in [5.74, 6) is -0.919. The van der Waals surface area contributed by atoms with Crippen LogP contribution in [0.15, 0.2) is 24.3 Å². The van der Waals surface area contributed by atoms with E-state index in [2.05, 4.69) is 31.2 Å². The van der Waals surface area contributed by atoms with Crippen molar-refractivity contribution in [3.63, 3.8) is 0 Å². The van der Waals surface area contributed by atoms with Gasteiger partial charge in [0.05, 0.1) is 0 Å². The van der Waals surface area contributed by atoms with Gasteiger partial charge in [0.2, 0.25) is 5.91 Å². The fourth-order valence-electron chi connectivity index (χ4n) is 2.82. The standard InChI is InChI=1S/C17H23NO3/c1-2-13-6-8-14(9-7-13)10-11-16(19)18-12-4-3-5-15(18)17(20)21/h6-9,15H,2-5,10-12H2,1H3,(H,20,21)/t15-/m1/s1. The number of carbonyl (C=O) groups is 2. The zero-order chi connectivity index (χ0) is 15.2. The number of likely N-dealkylation sites (tertiary alicyclic amines) is 1. The van der Waals surface area contributed by atoms with Crippen LogP contribution in [-0.2, 0) is 22.4 Å². The van der Waals surface area contributed by atoms with Crippen LogP contribution in [0.5, 0.6) is 0 Å². The predicted molar refractivity (Wildman–Crippen MR) is 81.1 cm³/mol. The minimum absolute atomic E-state index is 0.0401. The molecule has 0 saturated carbocycles. The van der Waals surface area contributed by atoms with Crippen LogP contribution in [-0.4, -0.2) is 34.5 Å². The van der Waals surface area contributed by atoms with Crippen LogP contribution >= 0.6 is 0 Å². The molecule has 2 rings (SSSR count). The van der Waals surface area contributed by atoms with Gasteiger partial charge in [-0.05, 0) is 43.2 Å². The summed E-state index contributed by atoms with van der Waals surface area (Å²) < 4.78 is 0. The number of rotatable bonds is 5. The molecule has 114 valence electrons. The Labute approximate surface area is 125 Å². The topological polar surface area (TPSA) is 57.6 Å². The highest BCUT2D eigenvalue weighted by Crippen LogP contribution is 2.19. The average Bonchev–Trinajstić information content (AvgIpc) is 2.53. The summed E-state index contributed by atoms with van der Waals surface area (Å²) in [6, 6.07) is 7.64. The van der Waals surface area contributed by atoms with Gasteiger partial charge in [0.25, 0.3) is 0 Å². The van der Waals surface area contributed by atoms with Crippen LogP contribution in [0, 0.1) is 0 Å². The highest BCUT2D eigenvalue weighted by Gasteiger charge is 2.31. The predicted octanol–water partition coefficient (Wildman–Crippen LogP) is 2.65. The molecule has 1 amide bonds. The van der Waals surface area contributed by atoms with E-state index in [0.29, 0.717) is 25.8 Å². The quantitative estimate of drug-likeness (QED) is 0.906. The van der Waals surface area contributed by atoms with Crippen LogP contribution < -0.4 is 0 Å². The number of hydrogen-bond acceptors (Lipinski definition) is 2. The number of aliphatic carboxylic acids is 1. The Morgan fingerprint density at radius 1 is 1.19 bits per heavy atom. The second-order valence-corrected chi connectivity index (χ2v) is 5.61. The second kappa shape index (κ2) is 7.25. The number of hydrogen-bond donors (Lipinski definition) is 1. The molecule has 4 nitrogen and oxygen atoms in total. The van der Waals surface area contributed by atoms with E-state index in [4.69, 9.17) is 0 Å². The van der Waals surface area contributed by atoms with Gasteiger partial charge in [-0.2, -0.15) is 0 Å². The molecular weight excluding hydrogens is 266 g/mol. The lowest BCUT2D eigenvalue weighted by atomic mass is 10.0. The highest BCUT2D eigenvalue weighted by atomic mass is 16.4. The van der Waals surface area contributed by atoms with Crippen molar-refractivity contribution in [1.29, 1.82) is 0 Å². The molecule has 0 radical (unpaired) electrons. The van der Waals surface area contributed by atoms with E-state index in [1.165, 1.54) is 5.56 Å². The third-order valence-corrected chi connectivity index (χ3v) is 4.17. The van der Waals surface area contributed by atoms with Gasteiger partial charge in [0.15, 0.2) is 0 Å². The molecule has 1 heterocycles. The SMILES string of the molecule is CCc1ccc(CCC(=O)N2CCCC[C@@H]2C(=O)O)cc1. The number of benzene rings is 1. The minimum Gasteiger partial charge on any atom is -0.480 e. The van der Waals surface area contributed by atoms with Crippen LogP contribution in [0.2, 0.25) is 0 Å². The lowest BCUT2D eigenvalue weighted by molar-refractivity contribution is -0.152. The summed E-state index contributed by atoms with van der Waals surface area (Å²) in [4.78, 5) is 25.0. The molecule has 1 aliphatic heterocycles. The Kier molecular flexibility index (Phi) is 5.37. The number of carboxylic acids is 1. The minimum atomic E-state index is -0.879. The Hall–Kier alpha value is -1.84. The first-order valence-electron chi connectivity index (χ1n) is 7.72. The van der Waals surface area contributed by atoms with Gasteiger partial charge in [0.1, 0.15) is 6.04 Å². The third kappa shape index (κ3) is 4.06. The molecule has 0 spiro atoms. The smallest absolute Gasteiger partial charge is 0.326 e. The largest absolute Gasteiger partial charge is 0.480 e. The molecule has 1 aliphatic rings. The van der Waals surface area contributed by atoms with Crippen LogP contribution in [0.3, 0.4) is 0 Å². The van der Waals surface area contributed by atoms with Crippen molar-refractivity contribution in [1.82, 2.24) is 4.90 Å². The van der Waals surface area contributed by atoms with Crippen molar-refractivity contribution in [2.45, 2.75) is 51.5 Å². The monoisotopic (exact) mass is 289 g/mol. The number of amides is 1. The highest BCUT2D eigenvalue weighted by molar-refractivity contribution is 5.84. The zero-order valence-electron chi connectivity index (χ0n) is 12.5. The number of aryl methyl sites for hydroxylation is 2. The van der Waals surface area contributed by atoms with Gasteiger partial charge in [-0.3, -0.25) is 4.79 Å². The van der Waals surface area contributed by atoms with Crippen molar-refractivity contribution in [2.24, 2.45) is 0 Å². The van der Waals surface area contributed by atoms with Crippen molar-refractivity contribution in [2.75, 3.05) is 6.54 Å². The molecule has 0 unspecified atom stereocenters. The van der Waals surface area contributed by atoms with Gasteiger partial charge >= 0.3 is 5.97 Å². The molecule has 1 aromatic carbocycles. The normalized spacial score (nSPS) is 18.5. The first kappa shape index (κ1) is 15.5. The number of carbonyl (C=O) groups excluding carboxylic acids is 1. The lowest BCUT2D eigenvalue weighted by Crippen LogP contribution is -2.48. The van der Waals surface area contributed by atoms with Crippen molar-refractivity contribution in [3.05, 3.63) is 35.4 Å². The van der Waals surface area contributed by atoms with Gasteiger partial charge in [-0.1, -0.05) is 31.2 Å². The van der Waals surface area contributed by atoms with E-state index in [1.807, 2.05) is 0 Å². The van der Waals surface area contributed by atoms with Crippen LogP contribution in [0.4, 0.5) is 0 Å². The third-order valence-electron chi connectivity index (χ3n) is 4.17. The molecule has 1 atom stereocenters. The zero-order valence-corrected chi connectivity index (χ0v) is 12.5. The van der Waals surface area contributed by atoms with Crippen LogP contribution in [0.25, 0.3) is 0 Å². The summed E-state index contributed by atoms with van der Waals surface area (Å²) >= 11 is 0. The molecule has 0 bridgehead atoms. The number of piperidine rings is 1. The molecule has 1 saturated heterocycles. The maximum Gasteiger partial charge on any atom is 0.326 e. The van der Waals surface area contributed by atoms with Gasteiger partial charge < -0.3 is 10.0 Å². The Bertz CT molecular complexity index is 495. The molecule has 0 aliphatic carbocycles. The summed E-state index contributed by atoms with van der Waals surface area (Å²) in [7, 11) is 0. The average molecular weight is 289 g/mol. The lowest BCUT2D eigenvalue weighted by Gasteiger charge is -2.33. The molecular formula is C17H23NO3. The maximum absolute atomic E-state index is 12.3. The van der Waals surface area contributed by atoms with Crippen LogP contribution in [0.1, 0.15) is 43.7 Å². The molecule has 21 heavy (non-hydrogen) atoms. The molecule has 0 aromatic heterocycles. The van der Waals surface area contributed by atoms with E-state index < -0.39 is 12.0 Å². The van der Waals surface area contributed by atoms with Gasteiger partial charge in [0, 0.05) is 13.0 Å². The first-order chi connectivity index (χ1) is 10.1. The molecule has 1 aromatic rings. The van der Waals surface area contributed by atoms with Gasteiger partial charge in [-0.25, -0.2) is 4.79 Å². The summed E-state index contributed by atoms with van der Waals surface area (Å²) in [5, 5.41) is 9.21. The van der Waals surface area contributed by atoms with Gasteiger partial charge in [-0.15, -0.1) is 0 Å². The first-order valence-corrected chi connectivity index (χ1v) is 7.72. The summed E-state index contributed by atoms with van der Waals surface area (Å²) in [6.45, 7) is 2.69. The second-order valence-electron chi connectivity index (χ2n) is 5.61. The van der Waals surface area contributed by atoms with Crippen molar-refractivity contribution in [3.8, 4) is 0 Å². The fraction of sp³-hybridized carbons (Fsp3) is 0.529. The maximum atomic E-state index is 12.3. The van der Waals surface area contributed by atoms with Crippen molar-refractivity contribution < 1.29 is 14.7 Å². The van der Waals surface area contributed by atoms with E-state index in [1.54, 1.807) is 4.90 Å². The van der Waals surface area contributed by atoms with E-state index in [0.717, 1.165) is 24.8 Å². The number of nitrogens with zero attached hydrogens (tertiary/aromatic N) is 1. The molecule has 4 heteroatoms. The fourth-order valence-corrected chi connectivity index (χ4v) is 2.82. The Morgan fingerprint density at radius 2 is 1.86 bits per heavy atom. The van der Waals surface area contributed by atoms with Crippen molar-refractivity contribution >= 4 is 11.9 Å². The molecule has 1 fully saturated rings. The summed E-state index contributed by atoms with van der Waals surface area (Å²) in [5.41, 5.74) is 2.41. The Balaban J connectivity index is 1.91. The molecule has 1 N–H and O–H groups in total.